The lowest BCUT2D eigenvalue weighted by atomic mass is 10.0. The third-order valence-electron chi connectivity index (χ3n) is 3.94. The molecule has 0 radical (unpaired) electrons. The molecular weight excluding hydrogens is 324 g/mol. The van der Waals surface area contributed by atoms with Gasteiger partial charge in [-0.2, -0.15) is 0 Å². The molecule has 0 aromatic heterocycles. The van der Waals surface area contributed by atoms with Crippen LogP contribution in [0.15, 0.2) is 41.5 Å². The summed E-state index contributed by atoms with van der Waals surface area (Å²) in [5, 5.41) is 9.96. The van der Waals surface area contributed by atoms with Gasteiger partial charge in [-0.3, -0.25) is 4.79 Å². The number of phenolic OH excluding ortho intramolecular Hbond substituents is 1. The second-order valence-corrected chi connectivity index (χ2v) is 6.51. The molecule has 0 atom stereocenters. The van der Waals surface area contributed by atoms with Crippen LogP contribution in [-0.4, -0.2) is 17.5 Å². The Morgan fingerprint density at radius 1 is 1.08 bits per heavy atom. The molecule has 0 unspecified atom stereocenters. The van der Waals surface area contributed by atoms with E-state index in [9.17, 15) is 9.90 Å². The average Bonchev–Trinajstić information content (AvgIpc) is 2.61. The van der Waals surface area contributed by atoms with Crippen molar-refractivity contribution in [1.29, 1.82) is 0 Å². The average molecular weight is 361 g/mol. The number of allylic oxidation sites excluding steroid dienone is 4. The Bertz CT molecular complexity index is 587. The van der Waals surface area contributed by atoms with Gasteiger partial charge in [-0.05, 0) is 59.1 Å². The molecule has 1 rings (SSSR count). The van der Waals surface area contributed by atoms with Crippen LogP contribution in [0.2, 0.25) is 0 Å². The van der Waals surface area contributed by atoms with E-state index < -0.39 is 0 Å². The summed E-state index contributed by atoms with van der Waals surface area (Å²) in [6.07, 6.45) is 8.65. The number of carbonyl (C=O) groups is 1. The number of ketones is 1. The van der Waals surface area contributed by atoms with E-state index in [4.69, 9.17) is 4.74 Å². The fourth-order valence-corrected chi connectivity index (χ4v) is 2.27. The number of Topliss-reactive ketones (excluding diaryl/α,β-unsaturated/α-hetero) is 1. The van der Waals surface area contributed by atoms with Gasteiger partial charge in [0.15, 0.2) is 0 Å². The van der Waals surface area contributed by atoms with E-state index in [2.05, 4.69) is 32.9 Å². The second kappa shape index (κ2) is 14.2. The Morgan fingerprint density at radius 3 is 2.23 bits per heavy atom. The van der Waals surface area contributed by atoms with E-state index in [1.807, 2.05) is 32.9 Å². The van der Waals surface area contributed by atoms with Crippen molar-refractivity contribution in [1.82, 2.24) is 0 Å². The summed E-state index contributed by atoms with van der Waals surface area (Å²) in [5.74, 6) is 1.43. The summed E-state index contributed by atoms with van der Waals surface area (Å²) < 4.78 is 5.56. The normalized spacial score (nSPS) is 10.6. The first-order valence-electron chi connectivity index (χ1n) is 9.59. The van der Waals surface area contributed by atoms with Gasteiger partial charge in [0, 0.05) is 18.4 Å². The van der Waals surface area contributed by atoms with Crippen molar-refractivity contribution in [2.45, 2.75) is 73.6 Å². The zero-order chi connectivity index (χ0) is 19.9. The molecule has 3 heteroatoms. The Morgan fingerprint density at radius 2 is 1.73 bits per heavy atom. The van der Waals surface area contributed by atoms with Crippen LogP contribution in [0.4, 0.5) is 0 Å². The lowest BCUT2D eigenvalue weighted by Gasteiger charge is -2.10. The van der Waals surface area contributed by atoms with Gasteiger partial charge >= 0.3 is 0 Å². The molecule has 26 heavy (non-hydrogen) atoms. The van der Waals surface area contributed by atoms with Crippen LogP contribution in [0.1, 0.15) is 72.8 Å². The fourth-order valence-electron chi connectivity index (χ4n) is 2.27. The second-order valence-electron chi connectivity index (χ2n) is 6.51. The van der Waals surface area contributed by atoms with E-state index >= 15 is 0 Å². The highest BCUT2D eigenvalue weighted by Gasteiger charge is 2.07. The molecule has 1 N–H and O–H groups in total. The standard InChI is InChI=1S/C18H26O2.C5H10O/c1-5-20-18-11-7-10-17(19)16(18)13-12-15(4)9-6-8-14(2)3;1-3-5(6)4-2/h7-8,10-12,19H,5-6,9,13H2,1-4H3;3-4H2,1-2H3/b15-12+;. The van der Waals surface area contributed by atoms with E-state index in [0.717, 1.165) is 24.2 Å². The molecule has 146 valence electrons. The van der Waals surface area contributed by atoms with Gasteiger partial charge in [-0.25, -0.2) is 0 Å². The molecule has 1 aromatic carbocycles. The zero-order valence-corrected chi connectivity index (χ0v) is 17.4. The Labute approximate surface area is 159 Å². The number of rotatable bonds is 9. The van der Waals surface area contributed by atoms with Gasteiger partial charge in [-0.15, -0.1) is 0 Å². The van der Waals surface area contributed by atoms with Crippen LogP contribution in [0.3, 0.4) is 0 Å². The minimum Gasteiger partial charge on any atom is -0.508 e. The van der Waals surface area contributed by atoms with Crippen LogP contribution in [0, 0.1) is 0 Å². The lowest BCUT2D eigenvalue weighted by Crippen LogP contribution is -1.96. The van der Waals surface area contributed by atoms with Crippen molar-refractivity contribution < 1.29 is 14.6 Å². The Balaban J connectivity index is 0.000000896. The van der Waals surface area contributed by atoms with Gasteiger partial charge in [-0.1, -0.05) is 43.2 Å². The van der Waals surface area contributed by atoms with Gasteiger partial charge in [0.1, 0.15) is 17.3 Å². The predicted octanol–water partition coefficient (Wildman–Crippen LogP) is 6.40. The minimum atomic E-state index is 0.310. The molecule has 0 saturated heterocycles. The summed E-state index contributed by atoms with van der Waals surface area (Å²) in [6.45, 7) is 12.7. The van der Waals surface area contributed by atoms with E-state index in [1.54, 1.807) is 6.07 Å². The van der Waals surface area contributed by atoms with Crippen molar-refractivity contribution in [3.63, 3.8) is 0 Å². The van der Waals surface area contributed by atoms with Crippen LogP contribution in [-0.2, 0) is 11.2 Å². The van der Waals surface area contributed by atoms with Crippen LogP contribution in [0.5, 0.6) is 11.5 Å². The molecule has 3 nitrogen and oxygen atoms in total. The van der Waals surface area contributed by atoms with Crippen molar-refractivity contribution in [2.75, 3.05) is 6.61 Å². The number of ether oxygens (including phenoxy) is 1. The number of benzene rings is 1. The van der Waals surface area contributed by atoms with Gasteiger partial charge in [0.05, 0.1) is 6.61 Å². The lowest BCUT2D eigenvalue weighted by molar-refractivity contribution is -0.118. The summed E-state index contributed by atoms with van der Waals surface area (Å²) >= 11 is 0. The first-order chi connectivity index (χ1) is 12.3. The highest BCUT2D eigenvalue weighted by molar-refractivity contribution is 5.77. The predicted molar refractivity (Wildman–Crippen MR) is 111 cm³/mol. The quantitative estimate of drug-likeness (QED) is 0.518. The molecule has 0 saturated carbocycles. The molecule has 0 amide bonds. The third kappa shape index (κ3) is 10.8. The Hall–Kier alpha value is -2.03. The Kier molecular flexibility index (Phi) is 13.1. The van der Waals surface area contributed by atoms with E-state index in [0.29, 0.717) is 37.4 Å². The molecular formula is C23H36O3. The van der Waals surface area contributed by atoms with Crippen LogP contribution < -0.4 is 4.74 Å². The van der Waals surface area contributed by atoms with Crippen LogP contribution in [0.25, 0.3) is 0 Å². The maximum absolute atomic E-state index is 10.2. The minimum absolute atomic E-state index is 0.310. The van der Waals surface area contributed by atoms with Crippen molar-refractivity contribution in [3.8, 4) is 11.5 Å². The fraction of sp³-hybridized carbons (Fsp3) is 0.522. The number of carbonyl (C=O) groups excluding carboxylic acids is 1. The summed E-state index contributed by atoms with van der Waals surface area (Å²) in [7, 11) is 0. The van der Waals surface area contributed by atoms with Gasteiger partial charge in [0.2, 0.25) is 0 Å². The highest BCUT2D eigenvalue weighted by Crippen LogP contribution is 2.28. The molecule has 0 bridgehead atoms. The monoisotopic (exact) mass is 360 g/mol. The SMILES string of the molecule is CCC(=O)CC.CCOc1cccc(O)c1C/C=C(\C)CCC=C(C)C. The third-order valence-corrected chi connectivity index (χ3v) is 3.94. The summed E-state index contributed by atoms with van der Waals surface area (Å²) in [5.41, 5.74) is 3.57. The van der Waals surface area contributed by atoms with Crippen molar-refractivity contribution in [2.24, 2.45) is 0 Å². The van der Waals surface area contributed by atoms with Gasteiger partial charge in [0.25, 0.3) is 0 Å². The molecule has 1 aromatic rings. The number of aromatic hydroxyl groups is 1. The van der Waals surface area contributed by atoms with Gasteiger partial charge < -0.3 is 9.84 Å². The van der Waals surface area contributed by atoms with Crippen molar-refractivity contribution in [3.05, 3.63) is 47.1 Å². The number of hydrogen-bond acceptors (Lipinski definition) is 3. The topological polar surface area (TPSA) is 46.5 Å². The van der Waals surface area contributed by atoms with Crippen LogP contribution >= 0.6 is 0 Å². The molecule has 0 spiro atoms. The molecule has 0 aliphatic heterocycles. The molecule has 0 fully saturated rings. The summed E-state index contributed by atoms with van der Waals surface area (Å²) in [4.78, 5) is 10.2. The number of phenols is 1. The molecule has 0 heterocycles. The van der Waals surface area contributed by atoms with Crippen molar-refractivity contribution >= 4 is 5.78 Å². The summed E-state index contributed by atoms with van der Waals surface area (Å²) in [6, 6.07) is 5.43. The van der Waals surface area contributed by atoms with E-state index in [1.165, 1.54) is 11.1 Å². The maximum Gasteiger partial charge on any atom is 0.132 e. The molecule has 0 aliphatic carbocycles. The number of hydrogen-bond donors (Lipinski definition) is 1. The molecule has 0 aliphatic rings. The highest BCUT2D eigenvalue weighted by atomic mass is 16.5. The maximum atomic E-state index is 10.2. The smallest absolute Gasteiger partial charge is 0.132 e. The van der Waals surface area contributed by atoms with E-state index in [-0.39, 0.29) is 0 Å². The first kappa shape index (κ1) is 24.0. The zero-order valence-electron chi connectivity index (χ0n) is 17.4. The first-order valence-corrected chi connectivity index (χ1v) is 9.59. The largest absolute Gasteiger partial charge is 0.508 e.